The first-order valence-electron chi connectivity index (χ1n) is 8.38. The summed E-state index contributed by atoms with van der Waals surface area (Å²) in [5.41, 5.74) is 0.330. The van der Waals surface area contributed by atoms with E-state index in [4.69, 9.17) is 9.26 Å². The molecule has 0 spiro atoms. The molecule has 1 N–H and O–H groups in total. The first-order valence-corrected chi connectivity index (χ1v) is 8.38. The van der Waals surface area contributed by atoms with Crippen molar-refractivity contribution in [2.45, 2.75) is 19.8 Å². The minimum absolute atomic E-state index is 0.00901. The molecule has 0 atom stereocenters. The lowest BCUT2D eigenvalue weighted by atomic mass is 10.1. The van der Waals surface area contributed by atoms with Gasteiger partial charge >= 0.3 is 5.97 Å². The highest BCUT2D eigenvalue weighted by Gasteiger charge is 2.24. The summed E-state index contributed by atoms with van der Waals surface area (Å²) >= 11 is 0. The standard InChI is InChI=1S/C17H18N4O6/c1-11-8-15(19-27-11)18-16(22)10-26-17(23)12-4-5-13(14(9-12)21(24)25)20-6-2-3-7-20/h4-5,8-9H,2-3,6-7,10H2,1H3,(H,18,19,22). The van der Waals surface area contributed by atoms with Crippen molar-refractivity contribution in [2.75, 3.05) is 29.9 Å². The lowest BCUT2D eigenvalue weighted by Gasteiger charge is -2.17. The molecule has 1 aliphatic heterocycles. The molecular weight excluding hydrogens is 356 g/mol. The molecule has 10 heteroatoms. The van der Waals surface area contributed by atoms with Gasteiger partial charge in [0.25, 0.3) is 11.6 Å². The molecule has 1 aromatic heterocycles. The number of nitro groups is 1. The largest absolute Gasteiger partial charge is 0.452 e. The van der Waals surface area contributed by atoms with Crippen LogP contribution in [0.2, 0.25) is 0 Å². The fourth-order valence-electron chi connectivity index (χ4n) is 2.84. The molecule has 1 amide bonds. The van der Waals surface area contributed by atoms with E-state index in [1.165, 1.54) is 24.3 Å². The Morgan fingerprint density at radius 1 is 1.33 bits per heavy atom. The van der Waals surface area contributed by atoms with Gasteiger partial charge in [-0.2, -0.15) is 0 Å². The number of carbonyl (C=O) groups excluding carboxylic acids is 2. The number of aromatic nitrogens is 1. The van der Waals surface area contributed by atoms with Crippen LogP contribution in [0.5, 0.6) is 0 Å². The zero-order valence-electron chi connectivity index (χ0n) is 14.6. The molecule has 0 saturated carbocycles. The molecule has 3 rings (SSSR count). The number of nitrogens with zero attached hydrogens (tertiary/aromatic N) is 3. The number of hydrogen-bond donors (Lipinski definition) is 1. The highest BCUT2D eigenvalue weighted by atomic mass is 16.6. The fraction of sp³-hybridized carbons (Fsp3) is 0.353. The molecule has 2 aromatic rings. The molecule has 1 aliphatic rings. The van der Waals surface area contributed by atoms with Crippen molar-refractivity contribution in [3.63, 3.8) is 0 Å². The maximum absolute atomic E-state index is 12.1. The normalized spacial score (nSPS) is 13.4. The van der Waals surface area contributed by atoms with Crippen LogP contribution in [0.15, 0.2) is 28.8 Å². The van der Waals surface area contributed by atoms with Crippen LogP contribution in [-0.4, -0.2) is 41.7 Å². The smallest absolute Gasteiger partial charge is 0.338 e. The molecular formula is C17H18N4O6. The predicted octanol–water partition coefficient (Wildman–Crippen LogP) is 2.29. The van der Waals surface area contributed by atoms with Gasteiger partial charge in [-0.1, -0.05) is 5.16 Å². The van der Waals surface area contributed by atoms with Crippen LogP contribution in [0.3, 0.4) is 0 Å². The highest BCUT2D eigenvalue weighted by Crippen LogP contribution is 2.31. The topological polar surface area (TPSA) is 128 Å². The Morgan fingerprint density at radius 2 is 2.07 bits per heavy atom. The van der Waals surface area contributed by atoms with Crippen LogP contribution >= 0.6 is 0 Å². The van der Waals surface area contributed by atoms with Gasteiger partial charge in [-0.05, 0) is 31.9 Å². The molecule has 10 nitrogen and oxygen atoms in total. The first kappa shape index (κ1) is 18.4. The van der Waals surface area contributed by atoms with Gasteiger partial charge < -0.3 is 19.5 Å². The predicted molar refractivity (Wildman–Crippen MR) is 94.7 cm³/mol. The number of ether oxygens (including phenoxy) is 1. The second-order valence-corrected chi connectivity index (χ2v) is 6.10. The SMILES string of the molecule is Cc1cc(NC(=O)COC(=O)c2ccc(N3CCCC3)c([N+](=O)[O-])c2)no1. The van der Waals surface area contributed by atoms with E-state index in [0.717, 1.165) is 25.9 Å². The summed E-state index contributed by atoms with van der Waals surface area (Å²) in [6.07, 6.45) is 1.95. The third kappa shape index (κ3) is 4.40. The lowest BCUT2D eigenvalue weighted by Crippen LogP contribution is -2.21. The summed E-state index contributed by atoms with van der Waals surface area (Å²) in [4.78, 5) is 36.7. The van der Waals surface area contributed by atoms with E-state index in [0.29, 0.717) is 11.4 Å². The van der Waals surface area contributed by atoms with E-state index in [-0.39, 0.29) is 17.1 Å². The average molecular weight is 374 g/mol. The number of amides is 1. The summed E-state index contributed by atoms with van der Waals surface area (Å²) in [6.45, 7) is 2.60. The van der Waals surface area contributed by atoms with Gasteiger partial charge in [0.15, 0.2) is 12.4 Å². The quantitative estimate of drug-likeness (QED) is 0.463. The molecule has 27 heavy (non-hydrogen) atoms. The number of hydrogen-bond acceptors (Lipinski definition) is 8. The van der Waals surface area contributed by atoms with Gasteiger partial charge in [-0.3, -0.25) is 14.9 Å². The number of benzene rings is 1. The minimum atomic E-state index is -0.822. The van der Waals surface area contributed by atoms with Crippen LogP contribution < -0.4 is 10.2 Å². The average Bonchev–Trinajstić information content (AvgIpc) is 3.31. The zero-order chi connectivity index (χ0) is 19.4. The van der Waals surface area contributed by atoms with E-state index < -0.39 is 23.4 Å². The van der Waals surface area contributed by atoms with Crippen LogP contribution in [0.4, 0.5) is 17.2 Å². The third-order valence-corrected chi connectivity index (χ3v) is 4.08. The Labute approximate surface area is 154 Å². The van der Waals surface area contributed by atoms with E-state index in [9.17, 15) is 19.7 Å². The number of esters is 1. The third-order valence-electron chi connectivity index (χ3n) is 4.08. The van der Waals surface area contributed by atoms with Crippen molar-refractivity contribution in [1.82, 2.24) is 5.16 Å². The molecule has 2 heterocycles. The van der Waals surface area contributed by atoms with E-state index in [1.807, 2.05) is 4.90 Å². The molecule has 0 radical (unpaired) electrons. The van der Waals surface area contributed by atoms with E-state index in [2.05, 4.69) is 10.5 Å². The summed E-state index contributed by atoms with van der Waals surface area (Å²) in [5.74, 6) is -0.691. The van der Waals surface area contributed by atoms with Gasteiger partial charge in [-0.25, -0.2) is 4.79 Å². The zero-order valence-corrected chi connectivity index (χ0v) is 14.6. The minimum Gasteiger partial charge on any atom is -0.452 e. The van der Waals surface area contributed by atoms with Crippen molar-refractivity contribution in [3.05, 3.63) is 45.7 Å². The second kappa shape index (κ2) is 7.85. The first-order chi connectivity index (χ1) is 12.9. The Hall–Kier alpha value is -3.43. The number of rotatable bonds is 6. The maximum Gasteiger partial charge on any atom is 0.338 e. The number of nitrogens with one attached hydrogen (secondary N) is 1. The Balaban J connectivity index is 1.64. The van der Waals surface area contributed by atoms with Crippen molar-refractivity contribution < 1.29 is 23.8 Å². The summed E-state index contributed by atoms with van der Waals surface area (Å²) in [7, 11) is 0. The van der Waals surface area contributed by atoms with Crippen LogP contribution in [0.1, 0.15) is 29.0 Å². The molecule has 0 aliphatic carbocycles. The summed E-state index contributed by atoms with van der Waals surface area (Å²) in [5, 5.41) is 17.4. The summed E-state index contributed by atoms with van der Waals surface area (Å²) < 4.78 is 9.73. The molecule has 1 saturated heterocycles. The molecule has 1 aromatic carbocycles. The number of aryl methyl sites for hydroxylation is 1. The molecule has 1 fully saturated rings. The van der Waals surface area contributed by atoms with Gasteiger partial charge in [0.05, 0.1) is 10.5 Å². The van der Waals surface area contributed by atoms with Gasteiger partial charge in [0.2, 0.25) is 0 Å². The monoisotopic (exact) mass is 374 g/mol. The Morgan fingerprint density at radius 3 is 2.70 bits per heavy atom. The van der Waals surface area contributed by atoms with Gasteiger partial charge in [0.1, 0.15) is 11.4 Å². The Kier molecular flexibility index (Phi) is 5.34. The lowest BCUT2D eigenvalue weighted by molar-refractivity contribution is -0.384. The molecule has 0 bridgehead atoms. The van der Waals surface area contributed by atoms with Crippen LogP contribution in [-0.2, 0) is 9.53 Å². The van der Waals surface area contributed by atoms with E-state index in [1.54, 1.807) is 6.92 Å². The fourth-order valence-corrected chi connectivity index (χ4v) is 2.84. The van der Waals surface area contributed by atoms with Crippen molar-refractivity contribution >= 4 is 29.1 Å². The number of carbonyl (C=O) groups is 2. The molecule has 0 unspecified atom stereocenters. The van der Waals surface area contributed by atoms with Crippen molar-refractivity contribution in [2.24, 2.45) is 0 Å². The highest BCUT2D eigenvalue weighted by molar-refractivity contribution is 5.95. The summed E-state index contributed by atoms with van der Waals surface area (Å²) in [6, 6.07) is 5.69. The van der Waals surface area contributed by atoms with Gasteiger partial charge in [-0.15, -0.1) is 0 Å². The van der Waals surface area contributed by atoms with Crippen LogP contribution in [0.25, 0.3) is 0 Å². The van der Waals surface area contributed by atoms with E-state index >= 15 is 0 Å². The van der Waals surface area contributed by atoms with Gasteiger partial charge in [0, 0.05) is 25.2 Å². The maximum atomic E-state index is 12.1. The number of nitro benzene ring substituents is 1. The van der Waals surface area contributed by atoms with Crippen molar-refractivity contribution in [1.29, 1.82) is 0 Å². The number of anilines is 2. The van der Waals surface area contributed by atoms with Crippen molar-refractivity contribution in [3.8, 4) is 0 Å². The molecule has 142 valence electrons. The van der Waals surface area contributed by atoms with Crippen LogP contribution in [0, 0.1) is 17.0 Å². The Bertz CT molecular complexity index is 872. The second-order valence-electron chi connectivity index (χ2n) is 6.10.